The van der Waals surface area contributed by atoms with E-state index in [0.29, 0.717) is 23.2 Å². The minimum absolute atomic E-state index is 0.132. The van der Waals surface area contributed by atoms with Gasteiger partial charge in [0.25, 0.3) is 5.91 Å². The van der Waals surface area contributed by atoms with Crippen molar-refractivity contribution in [2.45, 2.75) is 26.2 Å². The Kier molecular flexibility index (Phi) is 7.00. The molecule has 4 rings (SSSR count). The average Bonchev–Trinajstić information content (AvgIpc) is 3.26. The summed E-state index contributed by atoms with van der Waals surface area (Å²) in [5.41, 5.74) is 4.35. The number of carbonyl (C=O) groups excluding carboxylic acids is 1. The molecule has 168 valence electrons. The Morgan fingerprint density at radius 3 is 2.70 bits per heavy atom. The Morgan fingerprint density at radius 1 is 1.09 bits per heavy atom. The first-order valence-electron chi connectivity index (χ1n) is 10.8. The summed E-state index contributed by atoms with van der Waals surface area (Å²) in [6.07, 6.45) is 1.07. The van der Waals surface area contributed by atoms with Crippen LogP contribution in [0.3, 0.4) is 0 Å². The number of nitrogens with zero attached hydrogens (tertiary/aromatic N) is 1. The van der Waals surface area contributed by atoms with Gasteiger partial charge in [-0.05, 0) is 72.6 Å². The number of nitrogens with one attached hydrogen (secondary N) is 2. The van der Waals surface area contributed by atoms with Gasteiger partial charge >= 0.3 is 0 Å². The van der Waals surface area contributed by atoms with E-state index in [4.69, 9.17) is 21.4 Å². The molecule has 0 unspecified atom stereocenters. The van der Waals surface area contributed by atoms with Crippen LogP contribution in [-0.4, -0.2) is 22.6 Å². The van der Waals surface area contributed by atoms with Crippen LogP contribution in [0, 0.1) is 0 Å². The van der Waals surface area contributed by atoms with Crippen LogP contribution in [0.4, 0.5) is 5.69 Å². The lowest BCUT2D eigenvalue weighted by Gasteiger charge is -2.11. The molecule has 0 aliphatic rings. The zero-order valence-corrected chi connectivity index (χ0v) is 19.3. The third kappa shape index (κ3) is 5.75. The molecule has 33 heavy (non-hydrogen) atoms. The number of rotatable bonds is 7. The topological polar surface area (TPSA) is 76.4 Å². The van der Waals surface area contributed by atoms with Crippen LogP contribution >= 0.6 is 12.2 Å². The molecule has 1 heterocycles. The minimum atomic E-state index is -0.344. The second kappa shape index (κ2) is 10.3. The molecule has 2 N–H and O–H groups in total. The van der Waals surface area contributed by atoms with E-state index in [2.05, 4.69) is 41.6 Å². The molecule has 0 aliphatic heterocycles. The molecule has 0 saturated carbocycles. The molecule has 0 spiro atoms. The summed E-state index contributed by atoms with van der Waals surface area (Å²) >= 11 is 5.27. The summed E-state index contributed by atoms with van der Waals surface area (Å²) in [6.45, 7) is 4.24. The van der Waals surface area contributed by atoms with Crippen LogP contribution in [0.5, 0.6) is 5.75 Å². The van der Waals surface area contributed by atoms with Crippen LogP contribution in [-0.2, 0) is 4.79 Å². The number of para-hydroxylation sites is 1. The van der Waals surface area contributed by atoms with Gasteiger partial charge in [0, 0.05) is 11.3 Å². The Labute approximate surface area is 198 Å². The van der Waals surface area contributed by atoms with Gasteiger partial charge < -0.3 is 14.5 Å². The number of oxazole rings is 1. The number of anilines is 1. The van der Waals surface area contributed by atoms with Gasteiger partial charge in [0.1, 0.15) is 11.3 Å². The molecule has 0 radical (unpaired) electrons. The van der Waals surface area contributed by atoms with Crippen molar-refractivity contribution in [2.75, 3.05) is 11.9 Å². The lowest BCUT2D eigenvalue weighted by Crippen LogP contribution is -2.37. The molecule has 0 bridgehead atoms. The van der Waals surface area contributed by atoms with E-state index in [0.717, 1.165) is 23.1 Å². The Bertz CT molecular complexity index is 1270. The number of fused-ring (bicyclic) bond motifs is 1. The van der Waals surface area contributed by atoms with E-state index in [9.17, 15) is 4.79 Å². The van der Waals surface area contributed by atoms with Crippen LogP contribution in [0.2, 0.25) is 0 Å². The lowest BCUT2D eigenvalue weighted by molar-refractivity contribution is -0.121. The van der Waals surface area contributed by atoms with Gasteiger partial charge in [-0.3, -0.25) is 10.1 Å². The molecule has 4 aromatic rings. The maximum Gasteiger partial charge on any atom is 0.264 e. The first-order chi connectivity index (χ1) is 16.0. The number of benzene rings is 3. The second-order valence-corrected chi connectivity index (χ2v) is 8.15. The molecule has 1 amide bonds. The van der Waals surface area contributed by atoms with Gasteiger partial charge in [-0.25, -0.2) is 4.98 Å². The first kappa shape index (κ1) is 22.5. The number of carbonyl (C=O) groups is 1. The van der Waals surface area contributed by atoms with E-state index in [1.807, 2.05) is 48.5 Å². The highest BCUT2D eigenvalue weighted by molar-refractivity contribution is 7.80. The largest absolute Gasteiger partial charge is 0.484 e. The second-order valence-electron chi connectivity index (χ2n) is 7.74. The van der Waals surface area contributed by atoms with E-state index in [1.54, 1.807) is 12.1 Å². The van der Waals surface area contributed by atoms with Gasteiger partial charge in [0.05, 0.1) is 0 Å². The van der Waals surface area contributed by atoms with Gasteiger partial charge in [-0.1, -0.05) is 44.2 Å². The van der Waals surface area contributed by atoms with Crippen LogP contribution < -0.4 is 15.4 Å². The fourth-order valence-electron chi connectivity index (χ4n) is 3.33. The molecular weight excluding hydrogens is 434 g/mol. The minimum Gasteiger partial charge on any atom is -0.484 e. The van der Waals surface area contributed by atoms with Crippen molar-refractivity contribution in [3.05, 3.63) is 78.4 Å². The SMILES string of the molecule is CC[C@H](C)c1ccc2oc(-c3cccc(NC(=S)NC(=O)COc4ccccc4)c3)nc2c1. The Morgan fingerprint density at radius 2 is 1.91 bits per heavy atom. The van der Waals surface area contributed by atoms with Crippen molar-refractivity contribution in [3.63, 3.8) is 0 Å². The summed E-state index contributed by atoms with van der Waals surface area (Å²) in [5.74, 6) is 1.27. The first-order valence-corrected chi connectivity index (χ1v) is 11.2. The van der Waals surface area contributed by atoms with Gasteiger partial charge in [0.2, 0.25) is 5.89 Å². The lowest BCUT2D eigenvalue weighted by atomic mass is 9.98. The van der Waals surface area contributed by atoms with Crippen molar-refractivity contribution >= 4 is 40.0 Å². The smallest absolute Gasteiger partial charge is 0.264 e. The van der Waals surface area contributed by atoms with Crippen molar-refractivity contribution in [1.29, 1.82) is 0 Å². The number of amides is 1. The molecule has 1 atom stereocenters. The molecular formula is C26H25N3O3S. The predicted molar refractivity (Wildman–Crippen MR) is 134 cm³/mol. The highest BCUT2D eigenvalue weighted by atomic mass is 32.1. The van der Waals surface area contributed by atoms with Crippen molar-refractivity contribution in [3.8, 4) is 17.2 Å². The standard InChI is InChI=1S/C26H25N3O3S/c1-3-17(2)18-12-13-23-22(15-18)28-25(32-23)19-8-7-9-20(14-19)27-26(33)29-24(30)16-31-21-10-5-4-6-11-21/h4-15,17H,3,16H2,1-2H3,(H2,27,29,30,33)/t17-/m0/s1. The number of ether oxygens (including phenoxy) is 1. The highest BCUT2D eigenvalue weighted by Crippen LogP contribution is 2.29. The van der Waals surface area contributed by atoms with E-state index >= 15 is 0 Å². The summed E-state index contributed by atoms with van der Waals surface area (Å²) in [6, 6.07) is 22.8. The quantitative estimate of drug-likeness (QED) is 0.335. The third-order valence-electron chi connectivity index (χ3n) is 5.33. The number of thiocarbonyl (C=S) groups is 1. The van der Waals surface area contributed by atoms with Crippen molar-refractivity contribution in [2.24, 2.45) is 0 Å². The summed E-state index contributed by atoms with van der Waals surface area (Å²) < 4.78 is 11.4. The maximum absolute atomic E-state index is 12.1. The van der Waals surface area contributed by atoms with E-state index in [-0.39, 0.29) is 17.6 Å². The predicted octanol–water partition coefficient (Wildman–Crippen LogP) is 5.90. The summed E-state index contributed by atoms with van der Waals surface area (Å²) in [7, 11) is 0. The maximum atomic E-state index is 12.1. The molecule has 0 fully saturated rings. The fourth-order valence-corrected chi connectivity index (χ4v) is 3.56. The molecule has 6 nitrogen and oxygen atoms in total. The zero-order valence-electron chi connectivity index (χ0n) is 18.5. The highest BCUT2D eigenvalue weighted by Gasteiger charge is 2.12. The monoisotopic (exact) mass is 459 g/mol. The molecule has 0 saturated heterocycles. The summed E-state index contributed by atoms with van der Waals surface area (Å²) in [5, 5.41) is 5.82. The number of hydrogen-bond donors (Lipinski definition) is 2. The van der Waals surface area contributed by atoms with Gasteiger partial charge in [0.15, 0.2) is 17.3 Å². The van der Waals surface area contributed by atoms with Crippen molar-refractivity contribution < 1.29 is 13.9 Å². The molecule has 1 aromatic heterocycles. The number of hydrogen-bond acceptors (Lipinski definition) is 5. The Balaban J connectivity index is 1.40. The van der Waals surface area contributed by atoms with E-state index < -0.39 is 0 Å². The average molecular weight is 460 g/mol. The fraction of sp³-hybridized carbons (Fsp3) is 0.192. The Hall–Kier alpha value is -3.71. The van der Waals surface area contributed by atoms with Crippen LogP contribution in [0.15, 0.2) is 77.2 Å². The van der Waals surface area contributed by atoms with Gasteiger partial charge in [-0.2, -0.15) is 0 Å². The number of aromatic nitrogens is 1. The van der Waals surface area contributed by atoms with Crippen LogP contribution in [0.25, 0.3) is 22.6 Å². The zero-order chi connectivity index (χ0) is 23.2. The van der Waals surface area contributed by atoms with E-state index in [1.165, 1.54) is 5.56 Å². The molecule has 3 aromatic carbocycles. The van der Waals surface area contributed by atoms with Crippen molar-refractivity contribution in [1.82, 2.24) is 10.3 Å². The molecule has 0 aliphatic carbocycles. The van der Waals surface area contributed by atoms with Crippen LogP contribution in [0.1, 0.15) is 31.7 Å². The molecule has 7 heteroatoms. The summed E-state index contributed by atoms with van der Waals surface area (Å²) in [4.78, 5) is 16.8. The normalized spacial score (nSPS) is 11.7. The third-order valence-corrected chi connectivity index (χ3v) is 5.53. The van der Waals surface area contributed by atoms with Gasteiger partial charge in [-0.15, -0.1) is 0 Å².